The number of methoxy groups -OCH3 is 1. The highest BCUT2D eigenvalue weighted by atomic mass is 16.7. The largest absolute Gasteiger partial charge is 0.378 e. The predicted molar refractivity (Wildman–Crippen MR) is 160 cm³/mol. The van der Waals surface area contributed by atoms with Crippen molar-refractivity contribution in [1.29, 1.82) is 0 Å². The molecule has 3 atom stereocenters. The summed E-state index contributed by atoms with van der Waals surface area (Å²) in [6.45, 7) is 5.47. The molecular formula is C32H39N5O6. The quantitative estimate of drug-likeness (QED) is 0.224. The van der Waals surface area contributed by atoms with Gasteiger partial charge in [-0.15, -0.1) is 0 Å². The molecule has 0 spiro atoms. The molecule has 1 saturated carbocycles. The number of ether oxygens (including phenoxy) is 1. The summed E-state index contributed by atoms with van der Waals surface area (Å²) in [5.41, 5.74) is 2.88. The molecule has 1 aromatic heterocycles. The Labute approximate surface area is 251 Å². The van der Waals surface area contributed by atoms with Gasteiger partial charge in [0.2, 0.25) is 23.6 Å². The van der Waals surface area contributed by atoms with Crippen molar-refractivity contribution in [2.75, 3.05) is 7.11 Å². The summed E-state index contributed by atoms with van der Waals surface area (Å²) in [6.07, 6.45) is 1.53. The molecule has 3 aromatic rings. The number of pyridine rings is 1. The topological polar surface area (TPSA) is 148 Å². The van der Waals surface area contributed by atoms with Gasteiger partial charge in [0.1, 0.15) is 11.6 Å². The Balaban J connectivity index is 1.44. The van der Waals surface area contributed by atoms with Gasteiger partial charge in [0.05, 0.1) is 23.6 Å². The third-order valence-corrected chi connectivity index (χ3v) is 7.08. The van der Waals surface area contributed by atoms with Crippen LogP contribution in [0, 0.1) is 0 Å². The molecule has 0 aliphatic heterocycles. The Morgan fingerprint density at radius 2 is 1.74 bits per heavy atom. The first kappa shape index (κ1) is 31.6. The van der Waals surface area contributed by atoms with Crippen molar-refractivity contribution in [3.05, 3.63) is 78.0 Å². The third kappa shape index (κ3) is 8.59. The maximum absolute atomic E-state index is 13.6. The second kappa shape index (κ2) is 13.7. The fourth-order valence-corrected chi connectivity index (χ4v) is 4.71. The van der Waals surface area contributed by atoms with Crippen molar-refractivity contribution in [1.82, 2.24) is 26.4 Å². The number of hydroxylamine groups is 1. The van der Waals surface area contributed by atoms with Crippen LogP contribution in [0.1, 0.15) is 51.2 Å². The van der Waals surface area contributed by atoms with E-state index in [1.807, 2.05) is 60.7 Å². The van der Waals surface area contributed by atoms with Crippen LogP contribution >= 0.6 is 0 Å². The van der Waals surface area contributed by atoms with E-state index in [1.165, 1.54) is 7.11 Å². The monoisotopic (exact) mass is 589 g/mol. The van der Waals surface area contributed by atoms with E-state index >= 15 is 0 Å². The smallest absolute Gasteiger partial charge is 0.248 e. The zero-order valence-electron chi connectivity index (χ0n) is 24.9. The van der Waals surface area contributed by atoms with Crippen LogP contribution in [-0.4, -0.2) is 59.0 Å². The SMILES string of the molecule is CO[C@@H]1C[C@]1(NC(=O)[C@H](CC(=O)NOC(C)(C)C)NC(=O)CCc1ccccc1)C(=O)NCc1cccc2cccnc12. The van der Waals surface area contributed by atoms with Crippen molar-refractivity contribution in [3.8, 4) is 0 Å². The summed E-state index contributed by atoms with van der Waals surface area (Å²) in [4.78, 5) is 62.4. The zero-order valence-corrected chi connectivity index (χ0v) is 24.9. The van der Waals surface area contributed by atoms with Gasteiger partial charge in [0, 0.05) is 38.1 Å². The zero-order chi connectivity index (χ0) is 31.0. The molecule has 4 N–H and O–H groups in total. The first-order chi connectivity index (χ1) is 20.5. The standard InChI is InChI=1S/C32H39N5O6/c1-31(2,3)43-37-27(39)18-24(35-26(38)16-15-21-10-6-5-7-11-21)29(40)36-32(19-25(32)42-4)30(41)34-20-23-13-8-12-22-14-9-17-33-28(22)23/h5-14,17,24-25H,15-16,18-20H2,1-4H3,(H,34,41)(H,35,38)(H,36,40)(H,37,39)/t24-,25+,32+/m0/s1. The summed E-state index contributed by atoms with van der Waals surface area (Å²) >= 11 is 0. The second-order valence-corrected chi connectivity index (χ2v) is 11.6. The average Bonchev–Trinajstić information content (AvgIpc) is 3.71. The highest BCUT2D eigenvalue weighted by Gasteiger charge is 2.62. The molecule has 11 nitrogen and oxygen atoms in total. The number of para-hydroxylation sites is 1. The molecule has 2 aromatic carbocycles. The number of aromatic nitrogens is 1. The highest BCUT2D eigenvalue weighted by molar-refractivity contribution is 5.99. The van der Waals surface area contributed by atoms with Gasteiger partial charge < -0.3 is 20.7 Å². The maximum Gasteiger partial charge on any atom is 0.248 e. The number of carbonyl (C=O) groups is 4. The lowest BCUT2D eigenvalue weighted by molar-refractivity contribution is -0.147. The molecule has 0 radical (unpaired) electrons. The van der Waals surface area contributed by atoms with Crippen LogP contribution < -0.4 is 21.4 Å². The third-order valence-electron chi connectivity index (χ3n) is 7.08. The molecule has 4 rings (SSSR count). The summed E-state index contributed by atoms with van der Waals surface area (Å²) in [7, 11) is 1.46. The molecule has 43 heavy (non-hydrogen) atoms. The summed E-state index contributed by atoms with van der Waals surface area (Å²) < 4.78 is 5.45. The number of nitrogens with zero attached hydrogens (tertiary/aromatic N) is 1. The molecule has 0 unspecified atom stereocenters. The Morgan fingerprint density at radius 1 is 1.00 bits per heavy atom. The molecule has 11 heteroatoms. The molecular weight excluding hydrogens is 550 g/mol. The van der Waals surface area contributed by atoms with Crippen LogP contribution in [0.25, 0.3) is 10.9 Å². The Hall–Kier alpha value is -4.35. The normalized spacial score (nSPS) is 18.4. The van der Waals surface area contributed by atoms with Gasteiger partial charge in [0.25, 0.3) is 0 Å². The lowest BCUT2D eigenvalue weighted by atomic mass is 10.1. The average molecular weight is 590 g/mol. The van der Waals surface area contributed by atoms with Crippen LogP contribution in [0.15, 0.2) is 66.9 Å². The molecule has 1 heterocycles. The summed E-state index contributed by atoms with van der Waals surface area (Å²) in [6, 6.07) is 17.7. The number of nitrogens with one attached hydrogen (secondary N) is 4. The highest BCUT2D eigenvalue weighted by Crippen LogP contribution is 2.39. The van der Waals surface area contributed by atoms with E-state index in [9.17, 15) is 19.2 Å². The van der Waals surface area contributed by atoms with Gasteiger partial charge in [-0.25, -0.2) is 5.48 Å². The van der Waals surface area contributed by atoms with E-state index in [1.54, 1.807) is 27.0 Å². The van der Waals surface area contributed by atoms with Gasteiger partial charge >= 0.3 is 0 Å². The maximum atomic E-state index is 13.6. The van der Waals surface area contributed by atoms with Gasteiger partial charge in [-0.3, -0.25) is 29.0 Å². The molecule has 0 bridgehead atoms. The number of carbonyl (C=O) groups excluding carboxylic acids is 4. The van der Waals surface area contributed by atoms with Gasteiger partial charge in [0.15, 0.2) is 0 Å². The first-order valence-corrected chi connectivity index (χ1v) is 14.3. The van der Waals surface area contributed by atoms with E-state index < -0.39 is 53.3 Å². The molecule has 4 amide bonds. The number of rotatable bonds is 13. The van der Waals surface area contributed by atoms with E-state index in [0.717, 1.165) is 22.0 Å². The van der Waals surface area contributed by atoms with Crippen molar-refractivity contribution in [3.63, 3.8) is 0 Å². The number of amides is 4. The minimum absolute atomic E-state index is 0.110. The Bertz CT molecular complexity index is 1450. The van der Waals surface area contributed by atoms with Gasteiger partial charge in [-0.05, 0) is 44.4 Å². The molecule has 0 saturated heterocycles. The lowest BCUT2D eigenvalue weighted by Crippen LogP contribution is -2.57. The van der Waals surface area contributed by atoms with Crippen molar-refractivity contribution >= 4 is 34.5 Å². The minimum Gasteiger partial charge on any atom is -0.378 e. The summed E-state index contributed by atoms with van der Waals surface area (Å²) in [5.74, 6) is -2.12. The lowest BCUT2D eigenvalue weighted by Gasteiger charge is -2.24. The molecule has 228 valence electrons. The van der Waals surface area contributed by atoms with Crippen molar-refractivity contribution in [2.45, 2.75) is 76.3 Å². The van der Waals surface area contributed by atoms with E-state index in [4.69, 9.17) is 9.57 Å². The van der Waals surface area contributed by atoms with Crippen LogP contribution in [0.3, 0.4) is 0 Å². The van der Waals surface area contributed by atoms with Crippen LogP contribution in [0.4, 0.5) is 0 Å². The first-order valence-electron chi connectivity index (χ1n) is 14.3. The van der Waals surface area contributed by atoms with Crippen LogP contribution in [0.5, 0.6) is 0 Å². The van der Waals surface area contributed by atoms with Crippen molar-refractivity contribution < 1.29 is 28.8 Å². The molecule has 1 aliphatic carbocycles. The number of hydrogen-bond acceptors (Lipinski definition) is 7. The van der Waals surface area contributed by atoms with E-state index in [-0.39, 0.29) is 19.4 Å². The van der Waals surface area contributed by atoms with E-state index in [0.29, 0.717) is 6.42 Å². The Kier molecular flexibility index (Phi) is 10.1. The Morgan fingerprint density at radius 3 is 2.44 bits per heavy atom. The van der Waals surface area contributed by atoms with E-state index in [2.05, 4.69) is 26.4 Å². The van der Waals surface area contributed by atoms with Crippen LogP contribution in [-0.2, 0) is 41.7 Å². The molecule has 1 fully saturated rings. The number of fused-ring (bicyclic) bond motifs is 1. The molecule has 1 aliphatic rings. The summed E-state index contributed by atoms with van der Waals surface area (Å²) in [5, 5.41) is 9.28. The number of hydrogen-bond donors (Lipinski definition) is 4. The predicted octanol–water partition coefficient (Wildman–Crippen LogP) is 2.48. The van der Waals surface area contributed by atoms with Crippen molar-refractivity contribution in [2.24, 2.45) is 0 Å². The fraction of sp³-hybridized carbons (Fsp3) is 0.406. The van der Waals surface area contributed by atoms with Gasteiger partial charge in [-0.2, -0.15) is 0 Å². The second-order valence-electron chi connectivity index (χ2n) is 11.6. The fourth-order valence-electron chi connectivity index (χ4n) is 4.71. The number of aryl methyl sites for hydroxylation is 1. The van der Waals surface area contributed by atoms with Crippen LogP contribution in [0.2, 0.25) is 0 Å². The minimum atomic E-state index is -1.35. The number of benzene rings is 2. The van der Waals surface area contributed by atoms with Gasteiger partial charge in [-0.1, -0.05) is 54.6 Å².